The maximum absolute atomic E-state index is 12.8. The number of rotatable bonds is 4. The van der Waals surface area contributed by atoms with Crippen LogP contribution >= 0.6 is 0 Å². The van der Waals surface area contributed by atoms with Gasteiger partial charge >= 0.3 is 12.1 Å². The van der Waals surface area contributed by atoms with Gasteiger partial charge in [0, 0.05) is 0 Å². The second-order valence-electron chi connectivity index (χ2n) is 3.69. The van der Waals surface area contributed by atoms with Crippen LogP contribution in [0.4, 0.5) is 17.6 Å². The molecule has 0 aliphatic carbocycles. The molecular weight excluding hydrogens is 240 g/mol. The minimum absolute atomic E-state index is 0.238. The third-order valence-electron chi connectivity index (χ3n) is 2.20. The predicted molar refractivity (Wildman–Crippen MR) is 51.9 cm³/mol. The molecule has 1 N–H and O–H groups in total. The molecule has 2 nitrogen and oxygen atoms in total. The fourth-order valence-corrected chi connectivity index (χ4v) is 1.47. The number of hydrogen-bond donors (Lipinski definition) is 1. The van der Waals surface area contributed by atoms with Gasteiger partial charge in [-0.1, -0.05) is 12.1 Å². The number of alkyl halides is 3. The van der Waals surface area contributed by atoms with Crippen LogP contribution in [-0.4, -0.2) is 17.3 Å². The zero-order valence-electron chi connectivity index (χ0n) is 8.67. The highest BCUT2D eigenvalue weighted by Crippen LogP contribution is 2.27. The monoisotopic (exact) mass is 250 g/mol. The number of carbonyl (C=O) groups is 1. The average molecular weight is 250 g/mol. The van der Waals surface area contributed by atoms with Gasteiger partial charge in [-0.3, -0.25) is 4.79 Å². The van der Waals surface area contributed by atoms with E-state index >= 15 is 0 Å². The molecule has 0 saturated heterocycles. The van der Waals surface area contributed by atoms with Crippen molar-refractivity contribution < 1.29 is 27.5 Å². The molecule has 0 bridgehead atoms. The van der Waals surface area contributed by atoms with Gasteiger partial charge in [-0.05, 0) is 24.1 Å². The smallest absolute Gasteiger partial charge is 0.389 e. The Bertz CT molecular complexity index is 401. The Morgan fingerprint density at radius 2 is 2.00 bits per heavy atom. The summed E-state index contributed by atoms with van der Waals surface area (Å²) in [6.07, 6.45) is -6.30. The molecule has 1 unspecified atom stereocenters. The van der Waals surface area contributed by atoms with Crippen molar-refractivity contribution in [1.82, 2.24) is 0 Å². The molecule has 0 heterocycles. The maximum atomic E-state index is 12.8. The van der Waals surface area contributed by atoms with Gasteiger partial charge in [0.2, 0.25) is 0 Å². The minimum atomic E-state index is -4.55. The molecule has 1 aromatic carbocycles. The first-order valence-corrected chi connectivity index (χ1v) is 4.82. The average Bonchev–Trinajstić information content (AvgIpc) is 2.14. The van der Waals surface area contributed by atoms with E-state index in [1.807, 2.05) is 0 Å². The van der Waals surface area contributed by atoms with Crippen molar-refractivity contribution >= 4 is 5.97 Å². The van der Waals surface area contributed by atoms with Crippen LogP contribution in [0.5, 0.6) is 0 Å². The van der Waals surface area contributed by atoms with Gasteiger partial charge in [-0.25, -0.2) is 4.39 Å². The highest BCUT2D eigenvalue weighted by atomic mass is 19.4. The summed E-state index contributed by atoms with van der Waals surface area (Å²) in [4.78, 5) is 10.7. The molecule has 1 atom stereocenters. The SMILES string of the molecule is O=C(O)C(Cc1cccc(F)c1)CC(F)(F)F. The molecule has 94 valence electrons. The second-order valence-corrected chi connectivity index (χ2v) is 3.69. The fourth-order valence-electron chi connectivity index (χ4n) is 1.47. The van der Waals surface area contributed by atoms with Gasteiger partial charge in [0.15, 0.2) is 0 Å². The lowest BCUT2D eigenvalue weighted by Crippen LogP contribution is -2.24. The van der Waals surface area contributed by atoms with E-state index in [0.29, 0.717) is 0 Å². The summed E-state index contributed by atoms with van der Waals surface area (Å²) < 4.78 is 49.1. The number of benzene rings is 1. The first kappa shape index (κ1) is 13.5. The lowest BCUT2D eigenvalue weighted by atomic mass is 9.96. The summed E-state index contributed by atoms with van der Waals surface area (Å²) in [6.45, 7) is 0. The van der Waals surface area contributed by atoms with Crippen LogP contribution in [0.3, 0.4) is 0 Å². The zero-order valence-corrected chi connectivity index (χ0v) is 8.67. The molecule has 1 aromatic rings. The van der Waals surface area contributed by atoms with Crippen molar-refractivity contribution in [2.24, 2.45) is 5.92 Å². The molecule has 0 spiro atoms. The standard InChI is InChI=1S/C11H10F4O2/c12-9-3-1-2-7(5-9)4-8(10(16)17)6-11(13,14)15/h1-3,5,8H,4,6H2,(H,16,17). The van der Waals surface area contributed by atoms with Gasteiger partial charge in [0.25, 0.3) is 0 Å². The van der Waals surface area contributed by atoms with Crippen LogP contribution in [0.25, 0.3) is 0 Å². The third kappa shape index (κ3) is 4.84. The van der Waals surface area contributed by atoms with Crippen LogP contribution < -0.4 is 0 Å². The van der Waals surface area contributed by atoms with Gasteiger partial charge in [0.1, 0.15) is 5.82 Å². The van der Waals surface area contributed by atoms with Crippen LogP contribution in [0.15, 0.2) is 24.3 Å². The van der Waals surface area contributed by atoms with Crippen molar-refractivity contribution in [3.8, 4) is 0 Å². The quantitative estimate of drug-likeness (QED) is 0.834. The van der Waals surface area contributed by atoms with Crippen molar-refractivity contribution in [2.75, 3.05) is 0 Å². The molecular formula is C11H10F4O2. The number of carboxylic acid groups (broad SMARTS) is 1. The molecule has 6 heteroatoms. The molecule has 17 heavy (non-hydrogen) atoms. The van der Waals surface area contributed by atoms with Crippen LogP contribution in [0.2, 0.25) is 0 Å². The molecule has 0 aromatic heterocycles. The van der Waals surface area contributed by atoms with Crippen LogP contribution in [0.1, 0.15) is 12.0 Å². The number of halogens is 4. The van der Waals surface area contributed by atoms with Gasteiger partial charge < -0.3 is 5.11 Å². The summed E-state index contributed by atoms with van der Waals surface area (Å²) in [7, 11) is 0. The lowest BCUT2D eigenvalue weighted by molar-refractivity contribution is -0.163. The van der Waals surface area contributed by atoms with E-state index in [-0.39, 0.29) is 12.0 Å². The molecule has 0 saturated carbocycles. The van der Waals surface area contributed by atoms with E-state index < -0.39 is 30.3 Å². The second kappa shape index (κ2) is 5.16. The summed E-state index contributed by atoms with van der Waals surface area (Å²) in [6, 6.07) is 4.90. The zero-order chi connectivity index (χ0) is 13.1. The largest absolute Gasteiger partial charge is 0.481 e. The Morgan fingerprint density at radius 3 is 2.47 bits per heavy atom. The maximum Gasteiger partial charge on any atom is 0.389 e. The van der Waals surface area contributed by atoms with Gasteiger partial charge in [-0.2, -0.15) is 13.2 Å². The normalized spacial score (nSPS) is 13.4. The Labute approximate surface area is 94.9 Å². The number of aliphatic carboxylic acids is 1. The van der Waals surface area contributed by atoms with Gasteiger partial charge in [-0.15, -0.1) is 0 Å². The minimum Gasteiger partial charge on any atom is -0.481 e. The fraction of sp³-hybridized carbons (Fsp3) is 0.364. The van der Waals surface area contributed by atoms with E-state index in [0.717, 1.165) is 12.1 Å². The number of hydrogen-bond acceptors (Lipinski definition) is 1. The molecule has 0 aliphatic heterocycles. The third-order valence-corrected chi connectivity index (χ3v) is 2.20. The van der Waals surface area contributed by atoms with E-state index in [1.54, 1.807) is 0 Å². The van der Waals surface area contributed by atoms with Crippen LogP contribution in [0, 0.1) is 11.7 Å². The molecule has 0 aliphatic rings. The summed E-state index contributed by atoms with van der Waals surface area (Å²) >= 11 is 0. The van der Waals surface area contributed by atoms with Crippen molar-refractivity contribution in [2.45, 2.75) is 19.0 Å². The summed E-state index contributed by atoms with van der Waals surface area (Å²) in [5.74, 6) is -3.72. The highest BCUT2D eigenvalue weighted by Gasteiger charge is 2.35. The van der Waals surface area contributed by atoms with E-state index in [4.69, 9.17) is 5.11 Å². The van der Waals surface area contributed by atoms with Crippen LogP contribution in [-0.2, 0) is 11.2 Å². The Morgan fingerprint density at radius 1 is 1.35 bits per heavy atom. The van der Waals surface area contributed by atoms with Crippen molar-refractivity contribution in [1.29, 1.82) is 0 Å². The van der Waals surface area contributed by atoms with E-state index in [1.165, 1.54) is 12.1 Å². The summed E-state index contributed by atoms with van der Waals surface area (Å²) in [5, 5.41) is 8.67. The first-order valence-electron chi connectivity index (χ1n) is 4.82. The molecule has 0 radical (unpaired) electrons. The Hall–Kier alpha value is -1.59. The van der Waals surface area contributed by atoms with E-state index in [2.05, 4.69) is 0 Å². The number of carboxylic acids is 1. The highest BCUT2D eigenvalue weighted by molar-refractivity contribution is 5.70. The predicted octanol–water partition coefficient (Wildman–Crippen LogP) is 3.02. The Balaban J connectivity index is 2.77. The molecule has 1 rings (SSSR count). The summed E-state index contributed by atoms with van der Waals surface area (Å²) in [5.41, 5.74) is 0.238. The Kier molecular flexibility index (Phi) is 4.09. The first-order chi connectivity index (χ1) is 7.78. The van der Waals surface area contributed by atoms with E-state index in [9.17, 15) is 22.4 Å². The van der Waals surface area contributed by atoms with Gasteiger partial charge in [0.05, 0.1) is 12.3 Å². The van der Waals surface area contributed by atoms with Crippen molar-refractivity contribution in [3.05, 3.63) is 35.6 Å². The topological polar surface area (TPSA) is 37.3 Å². The molecule has 0 amide bonds. The molecule has 0 fully saturated rings. The lowest BCUT2D eigenvalue weighted by Gasteiger charge is -2.14. The van der Waals surface area contributed by atoms with Crippen molar-refractivity contribution in [3.63, 3.8) is 0 Å².